The Balaban J connectivity index is 1.71. The number of unbranched alkanes of at least 4 members (excludes halogenated alkanes) is 22. The number of ether oxygens (including phenoxy) is 4. The first-order chi connectivity index (χ1) is 43.6. The predicted molar refractivity (Wildman–Crippen MR) is 364 cm³/mol. The van der Waals surface area contributed by atoms with Gasteiger partial charge in [-0.1, -0.05) is 270 Å². The van der Waals surface area contributed by atoms with Gasteiger partial charge in [0.25, 0.3) is 0 Å². The molecule has 508 valence electrons. The topological polar surface area (TPSA) is 228 Å². The first-order valence-corrected chi connectivity index (χ1v) is 34.9. The molecule has 2 aliphatic rings. The Morgan fingerprint density at radius 3 is 1.19 bits per heavy atom. The molecule has 2 saturated heterocycles. The fourth-order valence-electron chi connectivity index (χ4n) is 10.6. The number of hydrogen-bond donors (Lipinski definition) is 9. The summed E-state index contributed by atoms with van der Waals surface area (Å²) in [5.74, 6) is -0.268. The smallest absolute Gasteiger partial charge is 0.220 e. The lowest BCUT2D eigenvalue weighted by atomic mass is 9.97. The van der Waals surface area contributed by atoms with Crippen molar-refractivity contribution in [2.75, 3.05) is 19.8 Å². The van der Waals surface area contributed by atoms with Gasteiger partial charge >= 0.3 is 0 Å². The number of amides is 1. The van der Waals surface area contributed by atoms with Crippen molar-refractivity contribution in [3.63, 3.8) is 0 Å². The molecule has 0 bridgehead atoms. The summed E-state index contributed by atoms with van der Waals surface area (Å²) in [6, 6.07) is -0.940. The number of nitrogens with one attached hydrogen (secondary N) is 1. The van der Waals surface area contributed by atoms with Gasteiger partial charge in [0.15, 0.2) is 12.6 Å². The molecular weight excluding hydrogens is 1120 g/mol. The normalized spacial score (nSPS) is 23.9. The summed E-state index contributed by atoms with van der Waals surface area (Å²) < 4.78 is 22.8. The minimum Gasteiger partial charge on any atom is -0.394 e. The molecule has 1 amide bonds. The first-order valence-electron chi connectivity index (χ1n) is 34.9. The van der Waals surface area contributed by atoms with E-state index in [1.54, 1.807) is 6.08 Å². The van der Waals surface area contributed by atoms with Crippen LogP contribution in [0, 0.1) is 0 Å². The van der Waals surface area contributed by atoms with Crippen LogP contribution < -0.4 is 5.32 Å². The number of hydrogen-bond acceptors (Lipinski definition) is 13. The van der Waals surface area contributed by atoms with Crippen molar-refractivity contribution in [3.05, 3.63) is 134 Å². The molecule has 0 aromatic rings. The van der Waals surface area contributed by atoms with Crippen molar-refractivity contribution in [1.82, 2.24) is 5.32 Å². The third-order valence-corrected chi connectivity index (χ3v) is 16.1. The molecule has 9 N–H and O–H groups in total. The van der Waals surface area contributed by atoms with Crippen LogP contribution in [-0.4, -0.2) is 140 Å². The SMILES string of the molecule is CC/C=C\C/C=C\C/C=C\C/C=C\C/C=C\C/C=C\C/C=C\C/C=C\C/C=C\C/C=C\CCCCCCC(=O)NC(COC1OC(CO)C(OC2OC(CO)C(O)C(O)C2O)C(O)C1O)C(O)/C=C/CCCCCCCCCCCCCCCCCCCC. The summed E-state index contributed by atoms with van der Waals surface area (Å²) in [7, 11) is 0. The third-order valence-electron chi connectivity index (χ3n) is 16.1. The second-order valence-corrected chi connectivity index (χ2v) is 23.9. The molecular formula is C75H125NO13. The van der Waals surface area contributed by atoms with E-state index in [1.807, 2.05) is 6.08 Å². The van der Waals surface area contributed by atoms with Gasteiger partial charge in [-0.25, -0.2) is 0 Å². The summed E-state index contributed by atoms with van der Waals surface area (Å²) in [5.41, 5.74) is 0. The maximum Gasteiger partial charge on any atom is 0.220 e. The Labute approximate surface area is 539 Å². The fourth-order valence-corrected chi connectivity index (χ4v) is 10.6. The minimum atomic E-state index is -1.80. The Kier molecular flexibility index (Phi) is 52.9. The van der Waals surface area contributed by atoms with Gasteiger partial charge in [0.05, 0.1) is 32.0 Å². The van der Waals surface area contributed by atoms with Crippen molar-refractivity contribution in [2.24, 2.45) is 0 Å². The van der Waals surface area contributed by atoms with Crippen molar-refractivity contribution in [2.45, 2.75) is 312 Å². The van der Waals surface area contributed by atoms with Crippen LogP contribution in [0.1, 0.15) is 239 Å². The van der Waals surface area contributed by atoms with Crippen LogP contribution in [-0.2, 0) is 23.7 Å². The highest BCUT2D eigenvalue weighted by molar-refractivity contribution is 5.76. The summed E-state index contributed by atoms with van der Waals surface area (Å²) in [6.45, 7) is 2.67. The zero-order chi connectivity index (χ0) is 64.5. The van der Waals surface area contributed by atoms with Gasteiger partial charge in [-0.15, -0.1) is 0 Å². The van der Waals surface area contributed by atoms with E-state index in [0.29, 0.717) is 6.42 Å². The highest BCUT2D eigenvalue weighted by atomic mass is 16.7. The van der Waals surface area contributed by atoms with Gasteiger partial charge in [-0.05, 0) is 96.3 Å². The van der Waals surface area contributed by atoms with E-state index in [2.05, 4.69) is 141 Å². The average Bonchev–Trinajstić information content (AvgIpc) is 3.62. The van der Waals surface area contributed by atoms with Gasteiger partial charge in [-0.3, -0.25) is 4.79 Å². The van der Waals surface area contributed by atoms with Gasteiger partial charge < -0.3 is 65.1 Å². The summed E-state index contributed by atoms with van der Waals surface area (Å²) in [4.78, 5) is 13.3. The highest BCUT2D eigenvalue weighted by Gasteiger charge is 2.51. The lowest BCUT2D eigenvalue weighted by Crippen LogP contribution is -2.65. The number of aliphatic hydroxyl groups is 8. The summed E-state index contributed by atoms with van der Waals surface area (Å²) in [6.07, 6.45) is 69.2. The Morgan fingerprint density at radius 2 is 0.775 bits per heavy atom. The molecule has 12 unspecified atom stereocenters. The Bertz CT molecular complexity index is 2010. The predicted octanol–water partition coefficient (Wildman–Crippen LogP) is 14.3. The lowest BCUT2D eigenvalue weighted by Gasteiger charge is -2.46. The van der Waals surface area contributed by atoms with Gasteiger partial charge in [-0.2, -0.15) is 0 Å². The maximum absolute atomic E-state index is 13.3. The van der Waals surface area contributed by atoms with Crippen molar-refractivity contribution < 1.29 is 64.6 Å². The maximum atomic E-state index is 13.3. The number of carbonyl (C=O) groups excluding carboxylic acids is 1. The molecule has 89 heavy (non-hydrogen) atoms. The zero-order valence-electron chi connectivity index (χ0n) is 55.1. The highest BCUT2D eigenvalue weighted by Crippen LogP contribution is 2.30. The average molecular weight is 1250 g/mol. The largest absolute Gasteiger partial charge is 0.394 e. The monoisotopic (exact) mass is 1250 g/mol. The van der Waals surface area contributed by atoms with E-state index in [0.717, 1.165) is 109 Å². The Morgan fingerprint density at radius 1 is 0.416 bits per heavy atom. The van der Waals surface area contributed by atoms with Crippen LogP contribution in [0.2, 0.25) is 0 Å². The molecule has 0 aromatic heterocycles. The molecule has 2 heterocycles. The lowest BCUT2D eigenvalue weighted by molar-refractivity contribution is -0.359. The van der Waals surface area contributed by atoms with E-state index >= 15 is 0 Å². The molecule has 0 spiro atoms. The van der Waals surface area contributed by atoms with Crippen LogP contribution in [0.25, 0.3) is 0 Å². The molecule has 0 saturated carbocycles. The van der Waals surface area contributed by atoms with Gasteiger partial charge in [0.1, 0.15) is 48.8 Å². The van der Waals surface area contributed by atoms with E-state index in [-0.39, 0.29) is 18.9 Å². The summed E-state index contributed by atoms with van der Waals surface area (Å²) >= 11 is 0. The van der Waals surface area contributed by atoms with Crippen molar-refractivity contribution in [3.8, 4) is 0 Å². The van der Waals surface area contributed by atoms with Crippen LogP contribution >= 0.6 is 0 Å². The molecule has 2 aliphatic heterocycles. The molecule has 14 nitrogen and oxygen atoms in total. The van der Waals surface area contributed by atoms with Gasteiger partial charge in [0, 0.05) is 6.42 Å². The Hall–Kier alpha value is -3.87. The number of carbonyl (C=O) groups is 1. The van der Waals surface area contributed by atoms with Gasteiger partial charge in [0.2, 0.25) is 5.91 Å². The molecule has 0 aliphatic carbocycles. The van der Waals surface area contributed by atoms with Crippen LogP contribution in [0.5, 0.6) is 0 Å². The second kappa shape index (κ2) is 58.0. The van der Waals surface area contributed by atoms with E-state index in [1.165, 1.54) is 103 Å². The molecule has 2 fully saturated rings. The van der Waals surface area contributed by atoms with E-state index in [4.69, 9.17) is 18.9 Å². The molecule has 2 rings (SSSR count). The zero-order valence-corrected chi connectivity index (χ0v) is 55.1. The molecule has 0 aromatic carbocycles. The van der Waals surface area contributed by atoms with Crippen molar-refractivity contribution >= 4 is 5.91 Å². The molecule has 12 atom stereocenters. The van der Waals surface area contributed by atoms with E-state index in [9.17, 15) is 45.6 Å². The molecule has 14 heteroatoms. The number of allylic oxidation sites excluding steroid dienone is 21. The minimum absolute atomic E-state index is 0.243. The van der Waals surface area contributed by atoms with Crippen molar-refractivity contribution in [1.29, 1.82) is 0 Å². The molecule has 0 radical (unpaired) electrons. The third kappa shape index (κ3) is 42.1. The van der Waals surface area contributed by atoms with E-state index < -0.39 is 86.8 Å². The first kappa shape index (κ1) is 81.2. The summed E-state index contributed by atoms with van der Waals surface area (Å²) in [5, 5.41) is 87.4. The number of aliphatic hydroxyl groups excluding tert-OH is 8. The fraction of sp³-hybridized carbons (Fsp3) is 0.693. The van der Waals surface area contributed by atoms with Crippen LogP contribution in [0.3, 0.4) is 0 Å². The van der Waals surface area contributed by atoms with Crippen LogP contribution in [0.15, 0.2) is 134 Å². The second-order valence-electron chi connectivity index (χ2n) is 23.9. The quantitative estimate of drug-likeness (QED) is 0.0204. The van der Waals surface area contributed by atoms with Crippen LogP contribution in [0.4, 0.5) is 0 Å². The number of rotatable bonds is 55. The standard InChI is InChI=1S/C75H125NO13/c1-3-5-7-9-11-13-15-17-19-21-23-25-26-27-28-29-30-31-32-33-34-35-36-37-38-39-41-43-45-47-49-51-53-55-57-59-67(80)76-63(64(79)58-56-54-52-50-48-46-44-42-40-24-22-20-18-16-14-12-10-8-6-4-2)62-86-74-72(85)70(83)73(66(61-78)88-74)89-75-71(84)69(82)68(81)65(60-77)87-75/h5,7,11,13,17,19,23,25,27-28,30-31,33-34,36-37,39,41,45,47,56,58,63-66,68-75,77-79,81-85H,3-4,6,8-10,12,14-16,18,20-22,24,26,29,32,35,38,40,42-44,46,48-55,57,59-62H2,1-2H3,(H,76,80)/b7-5-,13-11-,19-17-,25-23-,28-27-,31-30-,34-33-,37-36-,41-39-,47-45-,58-56+.